The van der Waals surface area contributed by atoms with Crippen LogP contribution in [0.5, 0.6) is 0 Å². The SMILES string of the molecule is N/C(=C\N(N)Cn1ccnc1[N+](=O)[O-])CC1CCCOS1=O. The van der Waals surface area contributed by atoms with Gasteiger partial charge in [0, 0.05) is 18.3 Å². The minimum Gasteiger partial charge on any atom is -0.401 e. The molecule has 2 heterocycles. The van der Waals surface area contributed by atoms with Gasteiger partial charge in [-0.15, -0.1) is 0 Å². The lowest BCUT2D eigenvalue weighted by molar-refractivity contribution is -0.397. The van der Waals surface area contributed by atoms with E-state index in [0.717, 1.165) is 12.8 Å². The molecule has 2 rings (SSSR count). The number of rotatable bonds is 6. The fourth-order valence-corrected chi connectivity index (χ4v) is 3.31. The Kier molecular flexibility index (Phi) is 5.46. The fourth-order valence-electron chi connectivity index (χ4n) is 2.14. The van der Waals surface area contributed by atoms with Gasteiger partial charge in [-0.1, -0.05) is 4.98 Å². The first-order valence-corrected chi connectivity index (χ1v) is 7.78. The Morgan fingerprint density at radius 3 is 3.18 bits per heavy atom. The van der Waals surface area contributed by atoms with E-state index < -0.39 is 16.0 Å². The average Bonchev–Trinajstić information content (AvgIpc) is 2.89. The number of aromatic nitrogens is 2. The zero-order chi connectivity index (χ0) is 16.1. The second-order valence-corrected chi connectivity index (χ2v) is 6.29. The minimum atomic E-state index is -1.34. The van der Waals surface area contributed by atoms with Crippen molar-refractivity contribution in [2.45, 2.75) is 31.2 Å². The standard InChI is InChI=1S/C11H18N6O4S/c12-9(6-10-2-1-5-21-22(10)20)7-16(13)8-15-4-3-14-11(15)17(18)19/h3-4,7,10H,1-2,5-6,8,12-13H2/b9-7-. The molecule has 0 aromatic carbocycles. The zero-order valence-corrected chi connectivity index (χ0v) is 12.6. The van der Waals surface area contributed by atoms with Crippen LogP contribution < -0.4 is 11.6 Å². The van der Waals surface area contributed by atoms with Crippen molar-refractivity contribution < 1.29 is 13.3 Å². The highest BCUT2D eigenvalue weighted by atomic mass is 32.2. The molecule has 1 fully saturated rings. The van der Waals surface area contributed by atoms with Crippen molar-refractivity contribution in [3.8, 4) is 0 Å². The third kappa shape index (κ3) is 4.26. The van der Waals surface area contributed by atoms with Gasteiger partial charge in [0.1, 0.15) is 12.4 Å². The number of hydrogen-bond acceptors (Lipinski definition) is 8. The maximum atomic E-state index is 11.7. The van der Waals surface area contributed by atoms with E-state index in [0.29, 0.717) is 18.7 Å². The molecule has 0 saturated carbocycles. The van der Waals surface area contributed by atoms with E-state index in [2.05, 4.69) is 4.98 Å². The molecule has 0 bridgehead atoms. The van der Waals surface area contributed by atoms with Gasteiger partial charge in [-0.2, -0.15) is 0 Å². The summed E-state index contributed by atoms with van der Waals surface area (Å²) in [6.45, 7) is 0.529. The van der Waals surface area contributed by atoms with Crippen LogP contribution in [0.3, 0.4) is 0 Å². The molecule has 1 aromatic rings. The summed E-state index contributed by atoms with van der Waals surface area (Å²) in [6, 6.07) is 0. The number of nitrogens with zero attached hydrogens (tertiary/aromatic N) is 4. The third-order valence-corrected chi connectivity index (χ3v) is 4.46. The van der Waals surface area contributed by atoms with E-state index >= 15 is 0 Å². The van der Waals surface area contributed by atoms with Crippen LogP contribution >= 0.6 is 0 Å². The number of nitro groups is 1. The lowest BCUT2D eigenvalue weighted by atomic mass is 10.1. The lowest BCUT2D eigenvalue weighted by Gasteiger charge is -2.21. The van der Waals surface area contributed by atoms with Gasteiger partial charge in [-0.05, 0) is 17.8 Å². The Labute approximate surface area is 129 Å². The summed E-state index contributed by atoms with van der Waals surface area (Å²) in [5, 5.41) is 11.8. The molecule has 0 aliphatic carbocycles. The Hall–Kier alpha value is -1.98. The molecule has 1 aliphatic rings. The van der Waals surface area contributed by atoms with Crippen molar-refractivity contribution in [2.75, 3.05) is 6.61 Å². The first kappa shape index (κ1) is 16.4. The first-order valence-electron chi connectivity index (χ1n) is 6.64. The summed E-state index contributed by atoms with van der Waals surface area (Å²) in [6.07, 6.45) is 6.26. The third-order valence-electron chi connectivity index (χ3n) is 3.11. The average molecular weight is 330 g/mol. The van der Waals surface area contributed by atoms with Crippen molar-refractivity contribution in [3.63, 3.8) is 0 Å². The highest BCUT2D eigenvalue weighted by Gasteiger charge is 2.23. The molecule has 0 spiro atoms. The van der Waals surface area contributed by atoms with Crippen molar-refractivity contribution in [2.24, 2.45) is 11.6 Å². The lowest BCUT2D eigenvalue weighted by Crippen LogP contribution is -2.31. The van der Waals surface area contributed by atoms with Crippen LogP contribution in [0.25, 0.3) is 0 Å². The van der Waals surface area contributed by atoms with Crippen LogP contribution in [-0.2, 0) is 21.9 Å². The van der Waals surface area contributed by atoms with Gasteiger partial charge in [0.2, 0.25) is 0 Å². The molecule has 122 valence electrons. The van der Waals surface area contributed by atoms with Crippen LogP contribution in [0.4, 0.5) is 5.95 Å². The predicted molar refractivity (Wildman–Crippen MR) is 78.9 cm³/mol. The Morgan fingerprint density at radius 2 is 2.50 bits per heavy atom. The molecular formula is C11H18N6O4S. The van der Waals surface area contributed by atoms with Crippen molar-refractivity contribution in [3.05, 3.63) is 34.4 Å². The molecule has 1 aromatic heterocycles. The molecule has 2 unspecified atom stereocenters. The molecule has 11 heteroatoms. The summed E-state index contributed by atoms with van der Waals surface area (Å²) < 4.78 is 18.0. The normalized spacial score (nSPS) is 22.5. The van der Waals surface area contributed by atoms with Gasteiger partial charge >= 0.3 is 5.95 Å². The summed E-state index contributed by atoms with van der Waals surface area (Å²) >= 11 is -1.34. The summed E-state index contributed by atoms with van der Waals surface area (Å²) in [4.78, 5) is 13.8. The number of imidazole rings is 1. The van der Waals surface area contributed by atoms with E-state index in [4.69, 9.17) is 15.8 Å². The minimum absolute atomic E-state index is 0.0290. The van der Waals surface area contributed by atoms with Crippen molar-refractivity contribution in [1.29, 1.82) is 0 Å². The largest absolute Gasteiger partial charge is 0.436 e. The van der Waals surface area contributed by atoms with E-state index in [9.17, 15) is 14.3 Å². The molecule has 1 aliphatic heterocycles. The second-order valence-electron chi connectivity index (χ2n) is 4.86. The van der Waals surface area contributed by atoms with Crippen LogP contribution in [-0.4, -0.2) is 35.5 Å². The van der Waals surface area contributed by atoms with Crippen LogP contribution in [0.1, 0.15) is 19.3 Å². The number of allylic oxidation sites excluding steroid dienone is 1. The molecule has 1 saturated heterocycles. The zero-order valence-electron chi connectivity index (χ0n) is 11.8. The van der Waals surface area contributed by atoms with Crippen molar-refractivity contribution in [1.82, 2.24) is 14.6 Å². The summed E-state index contributed by atoms with van der Waals surface area (Å²) in [5.41, 5.74) is 6.32. The van der Waals surface area contributed by atoms with Gasteiger partial charge in [0.05, 0.1) is 11.9 Å². The van der Waals surface area contributed by atoms with E-state index in [1.54, 1.807) is 0 Å². The molecule has 10 nitrogen and oxygen atoms in total. The molecule has 0 radical (unpaired) electrons. The Balaban J connectivity index is 1.94. The van der Waals surface area contributed by atoms with Gasteiger partial charge in [0.15, 0.2) is 17.7 Å². The fraction of sp³-hybridized carbons (Fsp3) is 0.545. The summed E-state index contributed by atoms with van der Waals surface area (Å²) in [7, 11) is 0. The Bertz CT molecular complexity index is 589. The topological polar surface area (TPSA) is 143 Å². The van der Waals surface area contributed by atoms with Crippen molar-refractivity contribution >= 4 is 17.0 Å². The van der Waals surface area contributed by atoms with Crippen LogP contribution in [0.15, 0.2) is 24.3 Å². The molecule has 22 heavy (non-hydrogen) atoms. The Morgan fingerprint density at radius 1 is 1.73 bits per heavy atom. The highest BCUT2D eigenvalue weighted by Crippen LogP contribution is 2.19. The van der Waals surface area contributed by atoms with E-state index in [1.807, 2.05) is 0 Å². The quantitative estimate of drug-likeness (QED) is 0.420. The second kappa shape index (κ2) is 7.33. The smallest absolute Gasteiger partial charge is 0.401 e. The maximum Gasteiger partial charge on any atom is 0.436 e. The van der Waals surface area contributed by atoms with Gasteiger partial charge in [-0.25, -0.2) is 14.6 Å². The van der Waals surface area contributed by atoms with Gasteiger partial charge < -0.3 is 15.8 Å². The van der Waals surface area contributed by atoms with Crippen LogP contribution in [0, 0.1) is 10.1 Å². The molecular weight excluding hydrogens is 312 g/mol. The van der Waals surface area contributed by atoms with E-state index in [1.165, 1.54) is 28.2 Å². The summed E-state index contributed by atoms with van der Waals surface area (Å²) in [5.74, 6) is 5.47. The number of hydrogen-bond donors (Lipinski definition) is 2. The highest BCUT2D eigenvalue weighted by molar-refractivity contribution is 7.80. The maximum absolute atomic E-state index is 11.7. The van der Waals surface area contributed by atoms with Crippen LogP contribution in [0.2, 0.25) is 0 Å². The van der Waals surface area contributed by atoms with Gasteiger partial charge in [-0.3, -0.25) is 9.19 Å². The number of nitrogens with two attached hydrogens (primary N) is 2. The molecule has 4 N–H and O–H groups in total. The van der Waals surface area contributed by atoms with E-state index in [-0.39, 0.29) is 17.9 Å². The molecule has 0 amide bonds. The predicted octanol–water partition coefficient (Wildman–Crippen LogP) is -0.0426. The first-order chi connectivity index (χ1) is 10.5. The van der Waals surface area contributed by atoms with Gasteiger partial charge in [0.25, 0.3) is 0 Å². The monoisotopic (exact) mass is 330 g/mol. The number of hydrazine groups is 1. The molecule has 2 atom stereocenters.